The van der Waals surface area contributed by atoms with Crippen molar-refractivity contribution in [3.63, 3.8) is 0 Å². The van der Waals surface area contributed by atoms with Crippen LogP contribution in [-0.4, -0.2) is 47.1 Å². The van der Waals surface area contributed by atoms with Crippen LogP contribution in [0.5, 0.6) is 0 Å². The highest BCUT2D eigenvalue weighted by molar-refractivity contribution is 5.43. The molecule has 0 amide bonds. The number of hydrogen-bond donors (Lipinski definition) is 2. The molecule has 6 heteroatoms. The molecule has 2 saturated heterocycles. The van der Waals surface area contributed by atoms with Crippen LogP contribution in [0.3, 0.4) is 0 Å². The molecule has 0 bridgehead atoms. The summed E-state index contributed by atoms with van der Waals surface area (Å²) in [5.41, 5.74) is 2.56. The van der Waals surface area contributed by atoms with Gasteiger partial charge in [-0.1, -0.05) is 0 Å². The largest absolute Gasteiger partial charge is 0.354 e. The van der Waals surface area contributed by atoms with E-state index in [0.717, 1.165) is 18.9 Å². The Morgan fingerprint density at radius 3 is 3.00 bits per heavy atom. The van der Waals surface area contributed by atoms with E-state index < -0.39 is 0 Å². The van der Waals surface area contributed by atoms with Gasteiger partial charge >= 0.3 is 0 Å². The molecule has 1 atom stereocenters. The van der Waals surface area contributed by atoms with Gasteiger partial charge in [0.15, 0.2) is 5.82 Å². The van der Waals surface area contributed by atoms with Crippen molar-refractivity contribution in [1.82, 2.24) is 14.9 Å². The van der Waals surface area contributed by atoms with E-state index in [1.165, 1.54) is 32.4 Å². The monoisotopic (exact) mass is 248 g/mol. The molecule has 0 radical (unpaired) electrons. The first-order chi connectivity index (χ1) is 8.86. The maximum atomic E-state index is 5.39. The first-order valence-corrected chi connectivity index (χ1v) is 6.64. The lowest BCUT2D eigenvalue weighted by molar-refractivity contribution is 0.273. The van der Waals surface area contributed by atoms with E-state index in [-0.39, 0.29) is 0 Å². The Morgan fingerprint density at radius 2 is 2.11 bits per heavy atom. The van der Waals surface area contributed by atoms with Gasteiger partial charge in [-0.05, 0) is 25.8 Å². The van der Waals surface area contributed by atoms with Crippen LogP contribution in [0.1, 0.15) is 19.3 Å². The minimum absolute atomic E-state index is 0.625. The van der Waals surface area contributed by atoms with Crippen LogP contribution >= 0.6 is 0 Å². The van der Waals surface area contributed by atoms with Gasteiger partial charge in [0.25, 0.3) is 0 Å². The quantitative estimate of drug-likeness (QED) is 0.584. The summed E-state index contributed by atoms with van der Waals surface area (Å²) < 4.78 is 0. The molecule has 1 aromatic heterocycles. The van der Waals surface area contributed by atoms with Gasteiger partial charge < -0.3 is 10.3 Å². The molecule has 1 unspecified atom stereocenters. The van der Waals surface area contributed by atoms with Gasteiger partial charge in [0.2, 0.25) is 0 Å². The first kappa shape index (κ1) is 11.7. The Balaban J connectivity index is 1.78. The van der Waals surface area contributed by atoms with Crippen LogP contribution in [0.2, 0.25) is 0 Å². The molecule has 1 aromatic rings. The van der Waals surface area contributed by atoms with Crippen molar-refractivity contribution in [2.24, 2.45) is 5.84 Å². The molecule has 2 aliphatic rings. The number of nitrogens with two attached hydrogens (primary N) is 1. The van der Waals surface area contributed by atoms with Crippen LogP contribution in [0, 0.1) is 0 Å². The molecular formula is C12H20N6. The molecule has 3 rings (SSSR count). The van der Waals surface area contributed by atoms with E-state index in [9.17, 15) is 0 Å². The van der Waals surface area contributed by atoms with E-state index in [4.69, 9.17) is 5.84 Å². The molecule has 0 spiro atoms. The van der Waals surface area contributed by atoms with Crippen LogP contribution in [0.4, 0.5) is 11.6 Å². The van der Waals surface area contributed by atoms with Crippen LogP contribution in [0.15, 0.2) is 12.4 Å². The van der Waals surface area contributed by atoms with Crippen LogP contribution in [-0.2, 0) is 0 Å². The molecule has 0 aromatic carbocycles. The lowest BCUT2D eigenvalue weighted by atomic mass is 10.2. The fourth-order valence-corrected chi connectivity index (χ4v) is 2.99. The number of hydrogen-bond acceptors (Lipinski definition) is 6. The second-order valence-corrected chi connectivity index (χ2v) is 5.04. The molecule has 6 nitrogen and oxygen atoms in total. The maximum absolute atomic E-state index is 5.39. The number of aromatic nitrogens is 2. The van der Waals surface area contributed by atoms with E-state index in [0.29, 0.717) is 11.9 Å². The molecule has 0 saturated carbocycles. The van der Waals surface area contributed by atoms with Crippen LogP contribution in [0.25, 0.3) is 0 Å². The second-order valence-electron chi connectivity index (χ2n) is 5.04. The number of fused-ring (bicyclic) bond motifs is 1. The summed E-state index contributed by atoms with van der Waals surface area (Å²) >= 11 is 0. The molecule has 0 aliphatic carbocycles. The predicted octanol–water partition coefficient (Wildman–Crippen LogP) is 0.437. The molecule has 3 heterocycles. The molecule has 2 aliphatic heterocycles. The zero-order valence-corrected chi connectivity index (χ0v) is 10.5. The fourth-order valence-electron chi connectivity index (χ4n) is 2.99. The van der Waals surface area contributed by atoms with Crippen LogP contribution < -0.4 is 16.2 Å². The van der Waals surface area contributed by atoms with Gasteiger partial charge in [-0.3, -0.25) is 9.88 Å². The van der Waals surface area contributed by atoms with Crippen molar-refractivity contribution in [3.05, 3.63) is 12.4 Å². The number of hydrazine groups is 1. The molecule has 18 heavy (non-hydrogen) atoms. The number of anilines is 2. The molecule has 2 fully saturated rings. The van der Waals surface area contributed by atoms with Crippen molar-refractivity contribution in [3.8, 4) is 0 Å². The maximum Gasteiger partial charge on any atom is 0.160 e. The van der Waals surface area contributed by atoms with Crippen molar-refractivity contribution in [2.45, 2.75) is 25.3 Å². The van der Waals surface area contributed by atoms with E-state index in [1.54, 1.807) is 6.20 Å². The topological polar surface area (TPSA) is 70.3 Å². The summed E-state index contributed by atoms with van der Waals surface area (Å²) in [5, 5.41) is 0. The fraction of sp³-hybridized carbons (Fsp3) is 0.667. The summed E-state index contributed by atoms with van der Waals surface area (Å²) in [4.78, 5) is 13.6. The second kappa shape index (κ2) is 5.07. The van der Waals surface area contributed by atoms with Crippen molar-refractivity contribution in [1.29, 1.82) is 0 Å². The van der Waals surface area contributed by atoms with E-state index in [1.807, 2.05) is 6.20 Å². The minimum atomic E-state index is 0.625. The van der Waals surface area contributed by atoms with E-state index in [2.05, 4.69) is 25.2 Å². The van der Waals surface area contributed by atoms with Gasteiger partial charge in [-0.15, -0.1) is 0 Å². The zero-order chi connectivity index (χ0) is 12.4. The SMILES string of the molecule is NNc1cncc(N2CCCN3CCCC3C2)n1. The van der Waals surface area contributed by atoms with Crippen molar-refractivity contribution < 1.29 is 0 Å². The van der Waals surface area contributed by atoms with Gasteiger partial charge in [0.1, 0.15) is 5.82 Å². The number of nitrogens with one attached hydrogen (secondary N) is 1. The minimum Gasteiger partial charge on any atom is -0.354 e. The van der Waals surface area contributed by atoms with Gasteiger partial charge in [0, 0.05) is 25.7 Å². The molecule has 3 N–H and O–H groups in total. The third-order valence-electron chi connectivity index (χ3n) is 3.90. The Labute approximate surface area is 107 Å². The third kappa shape index (κ3) is 2.26. The lowest BCUT2D eigenvalue weighted by Crippen LogP contribution is -2.37. The Hall–Kier alpha value is -1.40. The average molecular weight is 248 g/mol. The summed E-state index contributed by atoms with van der Waals surface area (Å²) in [6.07, 6.45) is 7.29. The summed E-state index contributed by atoms with van der Waals surface area (Å²) in [7, 11) is 0. The highest BCUT2D eigenvalue weighted by Crippen LogP contribution is 2.24. The normalized spacial score (nSPS) is 24.7. The highest BCUT2D eigenvalue weighted by atomic mass is 15.3. The Kier molecular flexibility index (Phi) is 3.29. The predicted molar refractivity (Wildman–Crippen MR) is 71.3 cm³/mol. The van der Waals surface area contributed by atoms with Gasteiger partial charge in [-0.25, -0.2) is 10.8 Å². The Morgan fingerprint density at radius 1 is 1.22 bits per heavy atom. The summed E-state index contributed by atoms with van der Waals surface area (Å²) in [6.45, 7) is 4.58. The average Bonchev–Trinajstić information content (AvgIpc) is 2.76. The number of rotatable bonds is 2. The lowest BCUT2D eigenvalue weighted by Gasteiger charge is -2.26. The number of nitrogens with zero attached hydrogens (tertiary/aromatic N) is 4. The third-order valence-corrected chi connectivity index (χ3v) is 3.90. The first-order valence-electron chi connectivity index (χ1n) is 6.64. The van der Waals surface area contributed by atoms with Gasteiger partial charge in [-0.2, -0.15) is 0 Å². The van der Waals surface area contributed by atoms with E-state index >= 15 is 0 Å². The highest BCUT2D eigenvalue weighted by Gasteiger charge is 2.29. The summed E-state index contributed by atoms with van der Waals surface area (Å²) in [5.74, 6) is 6.94. The Bertz CT molecular complexity index is 409. The molecular weight excluding hydrogens is 228 g/mol. The standard InChI is InChI=1S/C12H20N6/c13-16-11-7-14-8-12(15-11)18-6-2-5-17-4-1-3-10(17)9-18/h7-8,10H,1-6,9,13H2,(H,15,16). The molecule has 98 valence electrons. The van der Waals surface area contributed by atoms with Crippen molar-refractivity contribution in [2.75, 3.05) is 36.5 Å². The zero-order valence-electron chi connectivity index (χ0n) is 10.5. The smallest absolute Gasteiger partial charge is 0.160 e. The summed E-state index contributed by atoms with van der Waals surface area (Å²) in [6, 6.07) is 0.684. The van der Waals surface area contributed by atoms with Crippen molar-refractivity contribution >= 4 is 11.6 Å². The van der Waals surface area contributed by atoms with Gasteiger partial charge in [0.05, 0.1) is 12.4 Å². The number of nitrogen functional groups attached to an aromatic ring is 1.